The smallest absolute Gasteiger partial charge is 0.307 e. The van der Waals surface area contributed by atoms with Gasteiger partial charge in [-0.25, -0.2) is 0 Å². The monoisotopic (exact) mass is 256 g/mol. The third-order valence-corrected chi connectivity index (χ3v) is 3.87. The van der Waals surface area contributed by atoms with E-state index in [9.17, 15) is 4.79 Å². The van der Waals surface area contributed by atoms with Crippen LogP contribution in [-0.2, 0) is 4.79 Å². The number of carbonyl (C=O) groups is 1. The fourth-order valence-corrected chi connectivity index (χ4v) is 2.74. The Hall–Kier alpha value is -1.94. The Kier molecular flexibility index (Phi) is 2.95. The van der Waals surface area contributed by atoms with Gasteiger partial charge in [0.1, 0.15) is 0 Å². The van der Waals surface area contributed by atoms with E-state index in [4.69, 9.17) is 5.11 Å². The van der Waals surface area contributed by atoms with Crippen LogP contribution in [0, 0.1) is 12.8 Å². The van der Waals surface area contributed by atoms with Gasteiger partial charge in [-0.15, -0.1) is 0 Å². The maximum atomic E-state index is 11.0. The number of fused-ring (bicyclic) bond motifs is 1. The lowest BCUT2D eigenvalue weighted by atomic mass is 9.97. The molecule has 1 fully saturated rings. The molecule has 19 heavy (non-hydrogen) atoms. The Labute approximate surface area is 111 Å². The Balaban J connectivity index is 1.92. The molecule has 2 atom stereocenters. The number of aryl methyl sites for hydroxylation is 1. The summed E-state index contributed by atoms with van der Waals surface area (Å²) < 4.78 is 0. The van der Waals surface area contributed by atoms with E-state index in [2.05, 4.69) is 28.5 Å². The third kappa shape index (κ3) is 2.19. The van der Waals surface area contributed by atoms with E-state index in [1.165, 1.54) is 0 Å². The molecule has 1 saturated heterocycles. The summed E-state index contributed by atoms with van der Waals surface area (Å²) in [6.45, 7) is 2.55. The first kappa shape index (κ1) is 12.1. The van der Waals surface area contributed by atoms with Crippen molar-refractivity contribution in [1.82, 2.24) is 10.3 Å². The number of carboxylic acid groups (broad SMARTS) is 1. The van der Waals surface area contributed by atoms with Crippen LogP contribution in [0.5, 0.6) is 0 Å². The summed E-state index contributed by atoms with van der Waals surface area (Å²) in [5.41, 5.74) is 2.17. The molecule has 1 aromatic carbocycles. The van der Waals surface area contributed by atoms with Gasteiger partial charge in [0.25, 0.3) is 0 Å². The minimum atomic E-state index is -0.712. The van der Waals surface area contributed by atoms with Crippen LogP contribution in [0.1, 0.15) is 23.7 Å². The molecule has 0 amide bonds. The molecular formula is C15H16N2O2. The molecule has 0 radical (unpaired) electrons. The molecule has 0 bridgehead atoms. The fraction of sp³-hybridized carbons (Fsp3) is 0.333. The van der Waals surface area contributed by atoms with Crippen molar-refractivity contribution < 1.29 is 9.90 Å². The van der Waals surface area contributed by atoms with Gasteiger partial charge in [0.05, 0.1) is 5.92 Å². The first-order valence-electron chi connectivity index (χ1n) is 6.46. The van der Waals surface area contributed by atoms with Crippen LogP contribution >= 0.6 is 0 Å². The molecule has 4 nitrogen and oxygen atoms in total. The Morgan fingerprint density at radius 2 is 2.26 bits per heavy atom. The minimum Gasteiger partial charge on any atom is -0.481 e. The van der Waals surface area contributed by atoms with Crippen molar-refractivity contribution in [2.75, 3.05) is 6.54 Å². The van der Waals surface area contributed by atoms with Gasteiger partial charge in [0, 0.05) is 29.9 Å². The van der Waals surface area contributed by atoms with Crippen LogP contribution in [0.25, 0.3) is 10.8 Å². The summed E-state index contributed by atoms with van der Waals surface area (Å²) in [6.07, 6.45) is 2.47. The zero-order chi connectivity index (χ0) is 13.4. The predicted molar refractivity (Wildman–Crippen MR) is 73.0 cm³/mol. The van der Waals surface area contributed by atoms with Crippen molar-refractivity contribution in [1.29, 1.82) is 0 Å². The maximum Gasteiger partial charge on any atom is 0.307 e. The van der Waals surface area contributed by atoms with Crippen LogP contribution in [0.4, 0.5) is 0 Å². The van der Waals surface area contributed by atoms with Gasteiger partial charge >= 0.3 is 5.97 Å². The van der Waals surface area contributed by atoms with Gasteiger partial charge in [-0.2, -0.15) is 0 Å². The van der Waals surface area contributed by atoms with Crippen LogP contribution in [0.3, 0.4) is 0 Å². The lowest BCUT2D eigenvalue weighted by Crippen LogP contribution is -2.17. The van der Waals surface area contributed by atoms with E-state index in [0.717, 1.165) is 22.0 Å². The molecule has 98 valence electrons. The van der Waals surface area contributed by atoms with E-state index >= 15 is 0 Å². The lowest BCUT2D eigenvalue weighted by molar-refractivity contribution is -0.141. The van der Waals surface area contributed by atoms with E-state index in [1.54, 1.807) is 0 Å². The molecule has 0 aliphatic carbocycles. The molecule has 3 rings (SSSR count). The summed E-state index contributed by atoms with van der Waals surface area (Å²) in [6, 6.07) is 8.40. The van der Waals surface area contributed by atoms with Gasteiger partial charge in [-0.3, -0.25) is 9.78 Å². The molecule has 1 aromatic heterocycles. The van der Waals surface area contributed by atoms with Crippen LogP contribution in [0.15, 0.2) is 30.5 Å². The number of aliphatic carboxylic acids is 1. The Morgan fingerprint density at radius 1 is 1.42 bits per heavy atom. The van der Waals surface area contributed by atoms with Crippen molar-refractivity contribution in [3.63, 3.8) is 0 Å². The second-order valence-corrected chi connectivity index (χ2v) is 5.11. The summed E-state index contributed by atoms with van der Waals surface area (Å²) in [5.74, 6) is -0.990. The SMILES string of the molecule is Cc1nccc2cc(C3CC(C(=O)O)CN3)ccc12. The molecule has 2 heterocycles. The largest absolute Gasteiger partial charge is 0.481 e. The van der Waals surface area contributed by atoms with Crippen molar-refractivity contribution >= 4 is 16.7 Å². The van der Waals surface area contributed by atoms with E-state index in [-0.39, 0.29) is 12.0 Å². The van der Waals surface area contributed by atoms with Gasteiger partial charge in [-0.05, 0) is 36.4 Å². The van der Waals surface area contributed by atoms with Gasteiger partial charge in [0.2, 0.25) is 0 Å². The zero-order valence-electron chi connectivity index (χ0n) is 10.8. The third-order valence-electron chi connectivity index (χ3n) is 3.87. The second-order valence-electron chi connectivity index (χ2n) is 5.11. The van der Waals surface area contributed by atoms with Gasteiger partial charge in [0.15, 0.2) is 0 Å². The average molecular weight is 256 g/mol. The molecule has 2 unspecified atom stereocenters. The molecule has 0 spiro atoms. The molecule has 2 aromatic rings. The topological polar surface area (TPSA) is 62.2 Å². The van der Waals surface area contributed by atoms with Crippen LogP contribution in [0.2, 0.25) is 0 Å². The first-order chi connectivity index (χ1) is 9.15. The summed E-state index contributed by atoms with van der Waals surface area (Å²) in [4.78, 5) is 15.3. The zero-order valence-corrected chi connectivity index (χ0v) is 10.8. The average Bonchev–Trinajstić information content (AvgIpc) is 2.88. The number of hydrogen-bond acceptors (Lipinski definition) is 3. The number of hydrogen-bond donors (Lipinski definition) is 2. The highest BCUT2D eigenvalue weighted by Gasteiger charge is 2.30. The highest BCUT2D eigenvalue weighted by Crippen LogP contribution is 2.29. The molecular weight excluding hydrogens is 240 g/mol. The number of nitrogens with one attached hydrogen (secondary N) is 1. The quantitative estimate of drug-likeness (QED) is 0.865. The molecule has 4 heteroatoms. The molecule has 0 saturated carbocycles. The number of rotatable bonds is 2. The lowest BCUT2D eigenvalue weighted by Gasteiger charge is -2.12. The highest BCUT2D eigenvalue weighted by atomic mass is 16.4. The molecule has 1 aliphatic heterocycles. The van der Waals surface area contributed by atoms with Crippen LogP contribution in [-0.4, -0.2) is 22.6 Å². The van der Waals surface area contributed by atoms with Crippen molar-refractivity contribution in [3.05, 3.63) is 41.7 Å². The number of nitrogens with zero attached hydrogens (tertiary/aromatic N) is 1. The molecule has 2 N–H and O–H groups in total. The maximum absolute atomic E-state index is 11.0. The number of carboxylic acids is 1. The number of pyridine rings is 1. The van der Waals surface area contributed by atoms with Crippen LogP contribution < -0.4 is 5.32 Å². The Bertz CT molecular complexity index is 639. The summed E-state index contributed by atoms with van der Waals surface area (Å²) >= 11 is 0. The second kappa shape index (κ2) is 4.63. The van der Waals surface area contributed by atoms with E-state index in [0.29, 0.717) is 13.0 Å². The van der Waals surface area contributed by atoms with Gasteiger partial charge in [-0.1, -0.05) is 12.1 Å². The predicted octanol–water partition coefficient (Wildman–Crippen LogP) is 2.28. The van der Waals surface area contributed by atoms with E-state index in [1.807, 2.05) is 19.2 Å². The van der Waals surface area contributed by atoms with Crippen molar-refractivity contribution in [2.24, 2.45) is 5.92 Å². The Morgan fingerprint density at radius 3 is 3.00 bits per heavy atom. The van der Waals surface area contributed by atoms with Crippen molar-refractivity contribution in [3.8, 4) is 0 Å². The molecule has 1 aliphatic rings. The first-order valence-corrected chi connectivity index (χ1v) is 6.46. The standard InChI is InChI=1S/C15H16N2O2/c1-9-13-3-2-11(6-10(13)4-5-16-9)14-7-12(8-17-14)15(18)19/h2-6,12,14,17H,7-8H2,1H3,(H,18,19). The van der Waals surface area contributed by atoms with E-state index < -0.39 is 5.97 Å². The number of benzene rings is 1. The summed E-state index contributed by atoms with van der Waals surface area (Å²) in [7, 11) is 0. The number of aromatic nitrogens is 1. The minimum absolute atomic E-state index is 0.138. The normalized spacial score (nSPS) is 22.8. The highest BCUT2D eigenvalue weighted by molar-refractivity contribution is 5.85. The van der Waals surface area contributed by atoms with Gasteiger partial charge < -0.3 is 10.4 Å². The summed E-state index contributed by atoms with van der Waals surface area (Å²) in [5, 5.41) is 14.6. The fourth-order valence-electron chi connectivity index (χ4n) is 2.74. The van der Waals surface area contributed by atoms with Crippen molar-refractivity contribution in [2.45, 2.75) is 19.4 Å².